The summed E-state index contributed by atoms with van der Waals surface area (Å²) in [6, 6.07) is 88.8. The Labute approximate surface area is 701 Å². The van der Waals surface area contributed by atoms with Crippen molar-refractivity contribution in [1.82, 2.24) is 19.9 Å². The molecule has 8 N–H and O–H groups in total. The maximum Gasteiger partial charge on any atom is 0.316 e. The number of aryl methyl sites for hydroxylation is 4. The van der Waals surface area contributed by atoms with Crippen molar-refractivity contribution >= 4 is 66.5 Å². The SMILES string of the molecule is CC(=[OH+])C=C(C)O.CC(=[OH+])C=C(C)O.CC(=[OH+])C=C(C)O.CC(=[OH+])C=C(C)O.CC1(C)c2ccccc2-c2c[c-]c(-c3ccc4ccccc4n3)cc21.CCc1c[c-]c(-c2nccc3ccccc23)cc1.Cc1[c-]c(-c2ccc3ccccc3n2)cc(C)c1.Cc1c[c-]c(-c2nccc3ccccc23)cc1.[Ir].[Ir].[Ir].[Ir]. The number of pyridine rings is 4. The number of fused-ring (bicyclic) bond motifs is 7. The van der Waals surface area contributed by atoms with Gasteiger partial charge in [-0.25, -0.2) is 0 Å². The Balaban J connectivity index is 0.000000340. The first-order valence-corrected chi connectivity index (χ1v) is 34.8. The van der Waals surface area contributed by atoms with E-state index in [0.717, 1.165) is 68.0 Å². The molecule has 4 aromatic heterocycles. The zero-order chi connectivity index (χ0) is 77.0. The van der Waals surface area contributed by atoms with E-state index < -0.39 is 0 Å². The van der Waals surface area contributed by atoms with Crippen LogP contribution in [-0.4, -0.2) is 82.7 Å². The quantitative estimate of drug-likeness (QED) is 0.0470. The number of rotatable bonds is 9. The van der Waals surface area contributed by atoms with E-state index >= 15 is 0 Å². The smallest absolute Gasteiger partial charge is 0.316 e. The first kappa shape index (κ1) is 94.3. The third-order valence-corrected chi connectivity index (χ3v) is 16.2. The fourth-order valence-electron chi connectivity index (χ4n) is 11.6. The summed E-state index contributed by atoms with van der Waals surface area (Å²) in [5.41, 5.74) is 20.6. The van der Waals surface area contributed by atoms with Gasteiger partial charge in [0.15, 0.2) is 0 Å². The third-order valence-electron chi connectivity index (χ3n) is 16.2. The van der Waals surface area contributed by atoms with Crippen LogP contribution in [0.2, 0.25) is 0 Å². The van der Waals surface area contributed by atoms with Gasteiger partial charge >= 0.3 is 23.1 Å². The van der Waals surface area contributed by atoms with Crippen molar-refractivity contribution < 1.29 is 120 Å². The maximum absolute atomic E-state index is 8.40. The molecule has 0 saturated heterocycles. The van der Waals surface area contributed by atoms with Gasteiger partial charge in [0.2, 0.25) is 0 Å². The number of aliphatic hydroxyl groups is 4. The van der Waals surface area contributed by atoms with Gasteiger partial charge in [-0.1, -0.05) is 193 Å². The minimum Gasteiger partial charge on any atom is -0.512 e. The summed E-state index contributed by atoms with van der Waals surface area (Å²) in [7, 11) is 0. The van der Waals surface area contributed by atoms with Gasteiger partial charge in [0, 0.05) is 92.8 Å². The van der Waals surface area contributed by atoms with Crippen molar-refractivity contribution in [1.29, 1.82) is 0 Å². The molecular weight excluding hydrogens is 2080 g/mol. The monoisotopic (exact) mass is 2180 g/mol. The Hall–Kier alpha value is -9.94. The zero-order valence-corrected chi connectivity index (χ0v) is 73.7. The average molecular weight is 2180 g/mol. The summed E-state index contributed by atoms with van der Waals surface area (Å²) in [6.45, 7) is 25.0. The van der Waals surface area contributed by atoms with E-state index in [9.17, 15) is 0 Å². The number of nitrogens with zero attached hydrogens (tertiary/aromatic N) is 4. The molecule has 4 radical (unpaired) electrons. The summed E-state index contributed by atoms with van der Waals surface area (Å²) in [6.07, 6.45) is 9.87. The minimum atomic E-state index is 0. The second-order valence-electron chi connectivity index (χ2n) is 26.1. The molecule has 1 aliphatic rings. The van der Waals surface area contributed by atoms with Crippen molar-refractivity contribution in [2.45, 2.75) is 109 Å². The number of ketones is 4. The molecule has 9 aromatic carbocycles. The summed E-state index contributed by atoms with van der Waals surface area (Å²) in [5, 5.41) is 40.7. The van der Waals surface area contributed by atoms with Gasteiger partial charge in [-0.05, 0) is 118 Å². The summed E-state index contributed by atoms with van der Waals surface area (Å²) < 4.78 is 0. The standard InChI is InChI=1S/C24H18N.2C17H14N.C16H12N.4C5H8O2.4Ir/c1-24(2)20-9-5-4-8-18(20)19-13-11-17(15-21(19)24)23-14-12-16-7-3-6-10-22(16)25-23;1-12-9-13(2)11-15(10-12)17-8-7-14-5-3-4-6-16(14)18-17;1-2-13-7-9-15(10-8-13)17-16-6-4-3-5-14(16)11-12-18-17;1-12-6-8-14(9-7-12)16-15-5-3-2-4-13(15)10-11-17-16;4*1-4(6)3-5(2)7;;;;/h3-10,12-15H,1-2H3;3-10H,1-2H3;3-9,11-12H,2H2,1H3;2-8,10-11H,1H3;4*3,6H,1-2H3;;;;/q4*-1;;;;;;;;/p+4. The molecule has 12 nitrogen and oxygen atoms in total. The van der Waals surface area contributed by atoms with E-state index in [1.165, 1.54) is 151 Å². The summed E-state index contributed by atoms with van der Waals surface area (Å²) in [5.74, 6) is 1.00. The molecule has 110 heavy (non-hydrogen) atoms. The van der Waals surface area contributed by atoms with Crippen molar-refractivity contribution in [2.24, 2.45) is 0 Å². The molecule has 0 fully saturated rings. The van der Waals surface area contributed by atoms with Crippen LogP contribution in [0.15, 0.2) is 278 Å². The Morgan fingerprint density at radius 2 is 0.800 bits per heavy atom. The van der Waals surface area contributed by atoms with Crippen LogP contribution in [0.5, 0.6) is 0 Å². The van der Waals surface area contributed by atoms with Crippen LogP contribution in [0.25, 0.3) is 99.5 Å². The van der Waals surface area contributed by atoms with Crippen molar-refractivity contribution in [3.8, 4) is 56.2 Å². The number of allylic oxidation sites excluding steroid dienone is 8. The molecule has 574 valence electrons. The predicted octanol–water partition coefficient (Wildman–Crippen LogP) is 22.6. The van der Waals surface area contributed by atoms with Crippen LogP contribution in [0, 0.1) is 45.0 Å². The number of aromatic nitrogens is 4. The fourth-order valence-corrected chi connectivity index (χ4v) is 11.6. The fraction of sp³-hybridized carbons (Fsp3) is 0.170. The van der Waals surface area contributed by atoms with Crippen LogP contribution < -0.4 is 0 Å². The molecule has 1 aliphatic carbocycles. The van der Waals surface area contributed by atoms with E-state index in [-0.39, 0.29) is 132 Å². The van der Waals surface area contributed by atoms with Crippen molar-refractivity contribution in [3.63, 3.8) is 0 Å². The van der Waals surface area contributed by atoms with Crippen molar-refractivity contribution in [3.05, 3.63) is 336 Å². The third kappa shape index (κ3) is 29.1. The van der Waals surface area contributed by atoms with E-state index in [1.807, 2.05) is 79.1 Å². The number of carbonyl (C=O) groups excluding carboxylic acids is 4. The van der Waals surface area contributed by atoms with Gasteiger partial charge in [-0.15, -0.1) is 135 Å². The minimum absolute atomic E-state index is 0. The van der Waals surface area contributed by atoms with Crippen LogP contribution in [0.4, 0.5) is 0 Å². The van der Waals surface area contributed by atoms with E-state index in [0.29, 0.717) is 0 Å². The van der Waals surface area contributed by atoms with E-state index in [2.05, 4.69) is 227 Å². The van der Waals surface area contributed by atoms with Gasteiger partial charge in [0.05, 0.1) is 86.1 Å². The Bertz CT molecular complexity index is 5200. The van der Waals surface area contributed by atoms with Crippen LogP contribution in [0.1, 0.15) is 110 Å². The molecule has 4 heterocycles. The number of para-hydroxylation sites is 2. The van der Waals surface area contributed by atoms with Gasteiger partial charge in [-0.3, -0.25) is 29.1 Å². The molecule has 0 amide bonds. The molecule has 0 unspecified atom stereocenters. The summed E-state index contributed by atoms with van der Waals surface area (Å²) in [4.78, 5) is 52.1. The Morgan fingerprint density at radius 3 is 1.21 bits per heavy atom. The topological polar surface area (TPSA) is 218 Å². The van der Waals surface area contributed by atoms with Gasteiger partial charge in [0.1, 0.15) is 0 Å². The largest absolute Gasteiger partial charge is 0.512 e. The molecule has 16 heteroatoms. The molecular formula is C94H94Ir4N4O8. The molecule has 0 aliphatic heterocycles. The number of hydrogen-bond donors (Lipinski definition) is 4. The normalized spacial score (nSPS) is 11.3. The number of benzene rings is 9. The van der Waals surface area contributed by atoms with Gasteiger partial charge in [0.25, 0.3) is 0 Å². The molecule has 0 atom stereocenters. The van der Waals surface area contributed by atoms with E-state index in [4.69, 9.17) is 49.6 Å². The first-order valence-electron chi connectivity index (χ1n) is 34.8. The Morgan fingerprint density at radius 1 is 0.391 bits per heavy atom. The molecule has 0 bridgehead atoms. The maximum atomic E-state index is 8.40. The van der Waals surface area contributed by atoms with Gasteiger partial charge in [-0.2, -0.15) is 0 Å². The molecule has 0 saturated carbocycles. The Kier molecular flexibility index (Phi) is 39.9. The number of aliphatic hydroxyl groups excluding tert-OH is 4. The second kappa shape index (κ2) is 46.5. The van der Waals surface area contributed by atoms with Gasteiger partial charge < -0.3 is 30.4 Å². The molecule has 0 spiro atoms. The zero-order valence-electron chi connectivity index (χ0n) is 64.2. The van der Waals surface area contributed by atoms with Crippen molar-refractivity contribution in [2.75, 3.05) is 0 Å². The average Bonchev–Trinajstić information content (AvgIpc) is 1.58. The van der Waals surface area contributed by atoms with Crippen LogP contribution in [0.3, 0.4) is 0 Å². The van der Waals surface area contributed by atoms with E-state index in [1.54, 1.807) is 0 Å². The summed E-state index contributed by atoms with van der Waals surface area (Å²) >= 11 is 0. The second-order valence-corrected chi connectivity index (χ2v) is 26.1. The molecule has 14 rings (SSSR count). The number of hydrogen-bond acceptors (Lipinski definition) is 8. The predicted molar refractivity (Wildman–Crippen MR) is 441 cm³/mol. The molecule has 13 aromatic rings. The first-order chi connectivity index (χ1) is 50.6. The van der Waals surface area contributed by atoms with Crippen LogP contribution in [-0.2, 0) is 92.3 Å². The van der Waals surface area contributed by atoms with Crippen LogP contribution >= 0.6 is 0 Å².